The first-order valence-electron chi connectivity index (χ1n) is 6.88. The van der Waals surface area contributed by atoms with Crippen LogP contribution in [0.2, 0.25) is 0 Å². The second-order valence-corrected chi connectivity index (χ2v) is 6.07. The van der Waals surface area contributed by atoms with Gasteiger partial charge in [-0.1, -0.05) is 6.07 Å². The van der Waals surface area contributed by atoms with Crippen LogP contribution in [-0.2, 0) is 22.3 Å². The predicted molar refractivity (Wildman–Crippen MR) is 80.1 cm³/mol. The first kappa shape index (κ1) is 17.7. The molecule has 0 N–H and O–H groups in total. The van der Waals surface area contributed by atoms with E-state index in [1.54, 1.807) is 0 Å². The summed E-state index contributed by atoms with van der Waals surface area (Å²) in [6.45, 7) is -0.238. The van der Waals surface area contributed by atoms with Gasteiger partial charge in [0.2, 0.25) is 0 Å². The highest BCUT2D eigenvalue weighted by molar-refractivity contribution is 7.98. The molecule has 0 aromatic heterocycles. The van der Waals surface area contributed by atoms with Crippen LogP contribution in [-0.4, -0.2) is 41.9 Å². The van der Waals surface area contributed by atoms with Crippen molar-refractivity contribution in [2.24, 2.45) is 0 Å². The monoisotopic (exact) mass is 347 g/mol. The first-order valence-corrected chi connectivity index (χ1v) is 8.27. The number of methoxy groups -OCH3 is 1. The quantitative estimate of drug-likeness (QED) is 0.769. The molecule has 1 aliphatic heterocycles. The smallest absolute Gasteiger partial charge is 0.416 e. The van der Waals surface area contributed by atoms with Crippen molar-refractivity contribution in [3.05, 3.63) is 34.9 Å². The summed E-state index contributed by atoms with van der Waals surface area (Å²) >= 11 is 1.48. The molecule has 1 aliphatic rings. The second kappa shape index (κ2) is 6.82. The van der Waals surface area contributed by atoms with Gasteiger partial charge in [-0.2, -0.15) is 24.9 Å². The predicted octanol–water partition coefficient (Wildman–Crippen LogP) is 2.96. The largest absolute Gasteiger partial charge is 0.467 e. The maximum absolute atomic E-state index is 13.1. The Morgan fingerprint density at radius 3 is 2.70 bits per heavy atom. The van der Waals surface area contributed by atoms with E-state index in [2.05, 4.69) is 0 Å². The summed E-state index contributed by atoms with van der Waals surface area (Å²) < 4.78 is 44.0. The van der Waals surface area contributed by atoms with E-state index >= 15 is 0 Å². The van der Waals surface area contributed by atoms with E-state index in [4.69, 9.17) is 4.74 Å². The second-order valence-electron chi connectivity index (χ2n) is 5.08. The number of hydrogen-bond acceptors (Lipinski definition) is 4. The fourth-order valence-corrected chi connectivity index (χ4v) is 3.10. The van der Waals surface area contributed by atoms with Gasteiger partial charge in [-0.05, 0) is 36.1 Å². The Hall–Kier alpha value is -1.70. The highest BCUT2D eigenvalue weighted by Gasteiger charge is 2.42. The van der Waals surface area contributed by atoms with Crippen LogP contribution in [0.5, 0.6) is 0 Å². The zero-order chi connectivity index (χ0) is 17.2. The summed E-state index contributed by atoms with van der Waals surface area (Å²) in [6.07, 6.45) is -2.37. The lowest BCUT2D eigenvalue weighted by Crippen LogP contribution is -2.42. The SMILES string of the molecule is COC(=O)[C@H](CCSC)N1Cc2c(cccc2C(F)(F)F)C1=O. The molecule has 1 aromatic carbocycles. The molecule has 126 valence electrons. The molecular formula is C15H16F3NO3S. The number of halogens is 3. The summed E-state index contributed by atoms with van der Waals surface area (Å²) in [6, 6.07) is 2.63. The summed E-state index contributed by atoms with van der Waals surface area (Å²) in [5, 5.41) is 0. The van der Waals surface area contributed by atoms with Gasteiger partial charge in [-0.15, -0.1) is 0 Å². The number of thioether (sulfide) groups is 1. The zero-order valence-corrected chi connectivity index (χ0v) is 13.5. The van der Waals surface area contributed by atoms with Gasteiger partial charge < -0.3 is 9.64 Å². The van der Waals surface area contributed by atoms with E-state index < -0.39 is 29.7 Å². The molecule has 1 heterocycles. The lowest BCUT2D eigenvalue weighted by Gasteiger charge is -2.25. The topological polar surface area (TPSA) is 46.6 Å². The zero-order valence-electron chi connectivity index (χ0n) is 12.6. The molecule has 0 unspecified atom stereocenters. The molecule has 2 rings (SSSR count). The highest BCUT2D eigenvalue weighted by atomic mass is 32.2. The summed E-state index contributed by atoms with van der Waals surface area (Å²) in [5.74, 6) is -0.595. The third-order valence-corrected chi connectivity index (χ3v) is 4.39. The number of nitrogens with zero attached hydrogens (tertiary/aromatic N) is 1. The van der Waals surface area contributed by atoms with Crippen LogP contribution in [0.15, 0.2) is 18.2 Å². The molecular weight excluding hydrogens is 331 g/mol. The van der Waals surface area contributed by atoms with Gasteiger partial charge in [0.25, 0.3) is 5.91 Å². The number of carbonyl (C=O) groups is 2. The van der Waals surface area contributed by atoms with E-state index in [1.807, 2.05) is 6.26 Å². The van der Waals surface area contributed by atoms with Crippen LogP contribution >= 0.6 is 11.8 Å². The Morgan fingerprint density at radius 1 is 1.43 bits per heavy atom. The molecule has 1 aromatic rings. The number of alkyl halides is 3. The molecule has 0 fully saturated rings. The van der Waals surface area contributed by atoms with Crippen LogP contribution in [0.1, 0.15) is 27.9 Å². The lowest BCUT2D eigenvalue weighted by molar-refractivity contribution is -0.146. The fourth-order valence-electron chi connectivity index (χ4n) is 2.64. The van der Waals surface area contributed by atoms with Gasteiger partial charge in [0, 0.05) is 12.1 Å². The van der Waals surface area contributed by atoms with Crippen molar-refractivity contribution in [2.75, 3.05) is 19.1 Å². The van der Waals surface area contributed by atoms with Gasteiger partial charge >= 0.3 is 12.1 Å². The number of carbonyl (C=O) groups excluding carboxylic acids is 2. The van der Waals surface area contributed by atoms with E-state index in [0.717, 1.165) is 6.07 Å². The molecule has 23 heavy (non-hydrogen) atoms. The molecule has 0 spiro atoms. The standard InChI is InChI=1S/C15H16F3NO3S/c1-22-14(21)12(6-7-23-2)19-8-10-9(13(19)20)4-3-5-11(10)15(16,17)18/h3-5,12H,6-8H2,1-2H3/t12-/m0/s1. The molecule has 0 bridgehead atoms. The van der Waals surface area contributed by atoms with Gasteiger partial charge in [0.1, 0.15) is 6.04 Å². The molecule has 4 nitrogen and oxygen atoms in total. The van der Waals surface area contributed by atoms with Crippen LogP contribution in [0.4, 0.5) is 13.2 Å². The summed E-state index contributed by atoms with van der Waals surface area (Å²) in [4.78, 5) is 25.5. The Labute approximate surface area is 136 Å². The maximum Gasteiger partial charge on any atom is 0.416 e. The van der Waals surface area contributed by atoms with Crippen molar-refractivity contribution in [2.45, 2.75) is 25.2 Å². The number of esters is 1. The Morgan fingerprint density at radius 2 is 2.13 bits per heavy atom. The van der Waals surface area contributed by atoms with Crippen LogP contribution < -0.4 is 0 Å². The number of amides is 1. The highest BCUT2D eigenvalue weighted by Crippen LogP contribution is 2.37. The molecule has 1 amide bonds. The molecule has 0 saturated heterocycles. The number of ether oxygens (including phenoxy) is 1. The van der Waals surface area contributed by atoms with E-state index in [9.17, 15) is 22.8 Å². The third-order valence-electron chi connectivity index (χ3n) is 3.75. The van der Waals surface area contributed by atoms with E-state index in [-0.39, 0.29) is 17.7 Å². The number of rotatable bonds is 5. The average Bonchev–Trinajstić information content (AvgIpc) is 2.83. The summed E-state index contributed by atoms with van der Waals surface area (Å²) in [7, 11) is 1.20. The minimum atomic E-state index is -4.54. The minimum Gasteiger partial charge on any atom is -0.467 e. The van der Waals surface area contributed by atoms with Crippen molar-refractivity contribution in [1.29, 1.82) is 0 Å². The molecule has 0 aliphatic carbocycles. The molecule has 0 saturated carbocycles. The minimum absolute atomic E-state index is 0.00196. The lowest BCUT2D eigenvalue weighted by atomic mass is 10.0. The van der Waals surface area contributed by atoms with Crippen molar-refractivity contribution in [3.8, 4) is 0 Å². The van der Waals surface area contributed by atoms with E-state index in [1.165, 1.54) is 35.9 Å². The summed E-state index contributed by atoms with van der Waals surface area (Å²) in [5.41, 5.74) is -0.916. The van der Waals surface area contributed by atoms with Gasteiger partial charge in [0.15, 0.2) is 0 Å². The molecule has 1 atom stereocenters. The van der Waals surface area contributed by atoms with Gasteiger partial charge in [-0.25, -0.2) is 4.79 Å². The molecule has 0 radical (unpaired) electrons. The van der Waals surface area contributed by atoms with Gasteiger partial charge in [-0.3, -0.25) is 4.79 Å². The van der Waals surface area contributed by atoms with Crippen LogP contribution in [0.3, 0.4) is 0 Å². The van der Waals surface area contributed by atoms with Gasteiger partial charge in [0.05, 0.1) is 12.7 Å². The van der Waals surface area contributed by atoms with Crippen molar-refractivity contribution in [3.63, 3.8) is 0 Å². The molecule has 8 heteroatoms. The Bertz CT molecular complexity index is 618. The van der Waals surface area contributed by atoms with Crippen LogP contribution in [0.25, 0.3) is 0 Å². The Balaban J connectivity index is 2.37. The van der Waals surface area contributed by atoms with Crippen molar-refractivity contribution >= 4 is 23.6 Å². The van der Waals surface area contributed by atoms with Crippen LogP contribution in [0, 0.1) is 0 Å². The number of hydrogen-bond donors (Lipinski definition) is 0. The first-order chi connectivity index (χ1) is 10.8. The normalized spacial score (nSPS) is 15.5. The van der Waals surface area contributed by atoms with Crippen molar-refractivity contribution in [1.82, 2.24) is 4.90 Å². The maximum atomic E-state index is 13.1. The average molecular weight is 347 g/mol. The van der Waals surface area contributed by atoms with E-state index in [0.29, 0.717) is 12.2 Å². The number of fused-ring (bicyclic) bond motifs is 1. The third kappa shape index (κ3) is 3.46. The number of benzene rings is 1. The van der Waals surface area contributed by atoms with Crippen molar-refractivity contribution < 1.29 is 27.5 Å². The fraction of sp³-hybridized carbons (Fsp3) is 0.467. The Kier molecular flexibility index (Phi) is 5.23.